The van der Waals surface area contributed by atoms with Crippen LogP contribution in [-0.2, 0) is 11.4 Å². The van der Waals surface area contributed by atoms with Crippen LogP contribution in [0.25, 0.3) is 6.08 Å². The number of nitrogens with zero attached hydrogens (tertiary/aromatic N) is 3. The Balaban J connectivity index is 2.24. The maximum Gasteiger partial charge on any atom is 0.358 e. The topological polar surface area (TPSA) is 47.4 Å². The summed E-state index contributed by atoms with van der Waals surface area (Å²) < 4.78 is 8.55. The van der Waals surface area contributed by atoms with Crippen molar-refractivity contribution in [1.29, 1.82) is 0 Å². The van der Waals surface area contributed by atoms with Crippen molar-refractivity contribution in [1.82, 2.24) is 13.5 Å². The largest absolute Gasteiger partial charge is 0.461 e. The van der Waals surface area contributed by atoms with Crippen LogP contribution in [0.3, 0.4) is 0 Å². The summed E-state index contributed by atoms with van der Waals surface area (Å²) in [5, 5.41) is 0. The van der Waals surface area contributed by atoms with Gasteiger partial charge in [0.25, 0.3) is 0 Å². The molecule has 1 aliphatic heterocycles. The summed E-state index contributed by atoms with van der Waals surface area (Å²) in [6.45, 7) is 2.76. The van der Waals surface area contributed by atoms with Crippen LogP contribution in [0.1, 0.15) is 23.2 Å². The maximum atomic E-state index is 11.4. The van der Waals surface area contributed by atoms with Gasteiger partial charge in [-0.15, -0.1) is 0 Å². The fourth-order valence-electron chi connectivity index (χ4n) is 1.32. The molecule has 0 spiro atoms. The number of aromatic nitrogens is 2. The van der Waals surface area contributed by atoms with Crippen molar-refractivity contribution < 1.29 is 9.53 Å². The monoisotopic (exact) mass is 271 g/mol. The summed E-state index contributed by atoms with van der Waals surface area (Å²) >= 11 is 3.32. The number of carbonyl (C=O) groups excluding carboxylic acids is 1. The van der Waals surface area contributed by atoms with Crippen molar-refractivity contribution in [2.45, 2.75) is 13.6 Å². The average Bonchev–Trinajstić information content (AvgIpc) is 2.60. The van der Waals surface area contributed by atoms with Crippen molar-refractivity contribution in [3.8, 4) is 0 Å². The van der Waals surface area contributed by atoms with E-state index < -0.39 is 0 Å². The number of esters is 1. The first-order valence-corrected chi connectivity index (χ1v) is 5.26. The third-order valence-corrected chi connectivity index (χ3v) is 2.43. The summed E-state index contributed by atoms with van der Waals surface area (Å²) in [5.74, 6) is 0.377. The number of imidazole rings is 1. The molecule has 0 N–H and O–H groups in total. The summed E-state index contributed by atoms with van der Waals surface area (Å²) in [6.07, 6.45) is 5.35. The van der Waals surface area contributed by atoms with Gasteiger partial charge in [-0.25, -0.2) is 9.78 Å². The minimum atomic E-state index is -0.381. The highest BCUT2D eigenvalue weighted by Gasteiger charge is 2.16. The number of carbonyl (C=O) groups is 1. The van der Waals surface area contributed by atoms with Gasteiger partial charge in [0.1, 0.15) is 12.5 Å². The Bertz CT molecular complexity index is 413. The van der Waals surface area contributed by atoms with E-state index in [1.807, 2.05) is 20.8 Å². The minimum Gasteiger partial charge on any atom is -0.461 e. The van der Waals surface area contributed by atoms with Gasteiger partial charge < -0.3 is 9.30 Å². The third kappa shape index (κ3) is 2.04. The fraction of sp³-hybridized carbons (Fsp3) is 0.333. The zero-order valence-corrected chi connectivity index (χ0v) is 9.77. The molecule has 0 amide bonds. The predicted molar refractivity (Wildman–Crippen MR) is 58.0 cm³/mol. The minimum absolute atomic E-state index is 0.347. The van der Waals surface area contributed by atoms with E-state index in [0.29, 0.717) is 19.0 Å². The molecule has 1 aliphatic rings. The smallest absolute Gasteiger partial charge is 0.358 e. The highest BCUT2D eigenvalue weighted by molar-refractivity contribution is 9.07. The molecular weight excluding hydrogens is 262 g/mol. The van der Waals surface area contributed by atoms with E-state index in [1.54, 1.807) is 13.1 Å². The molecule has 0 radical (unpaired) electrons. The lowest BCUT2D eigenvalue weighted by Crippen LogP contribution is -2.14. The Hall–Kier alpha value is -1.30. The van der Waals surface area contributed by atoms with Crippen LogP contribution in [0, 0.1) is 0 Å². The molecule has 0 bridgehead atoms. The van der Waals surface area contributed by atoms with E-state index in [-0.39, 0.29) is 5.97 Å². The molecule has 1 aromatic heterocycles. The summed E-state index contributed by atoms with van der Waals surface area (Å²) in [7, 11) is 0. The quantitative estimate of drug-likeness (QED) is 0.606. The van der Waals surface area contributed by atoms with Crippen LogP contribution in [0.4, 0.5) is 0 Å². The summed E-state index contributed by atoms with van der Waals surface area (Å²) in [4.78, 5) is 15.6. The zero-order chi connectivity index (χ0) is 10.8. The van der Waals surface area contributed by atoms with Crippen LogP contribution in [0.2, 0.25) is 0 Å². The van der Waals surface area contributed by atoms with E-state index >= 15 is 0 Å². The molecule has 0 saturated carbocycles. The Morgan fingerprint density at radius 1 is 1.73 bits per heavy atom. The molecule has 0 saturated heterocycles. The highest BCUT2D eigenvalue weighted by atomic mass is 79.9. The van der Waals surface area contributed by atoms with Crippen molar-refractivity contribution in [2.24, 2.45) is 0 Å². The average molecular weight is 272 g/mol. The Morgan fingerprint density at radius 3 is 3.27 bits per heavy atom. The number of fused-ring (bicyclic) bond motifs is 1. The molecule has 0 unspecified atom stereocenters. The first-order valence-electron chi connectivity index (χ1n) is 4.55. The second-order valence-electron chi connectivity index (χ2n) is 3.03. The molecule has 2 heterocycles. The van der Waals surface area contributed by atoms with E-state index in [4.69, 9.17) is 4.74 Å². The Morgan fingerprint density at radius 2 is 2.53 bits per heavy atom. The lowest BCUT2D eigenvalue weighted by molar-refractivity contribution is 0.0520. The molecular formula is C9H10BrN3O2. The van der Waals surface area contributed by atoms with E-state index in [0.717, 1.165) is 5.82 Å². The Kier molecular flexibility index (Phi) is 2.77. The lowest BCUT2D eigenvalue weighted by atomic mass is 10.5. The molecule has 2 rings (SSSR count). The molecule has 6 heteroatoms. The maximum absolute atomic E-state index is 11.4. The van der Waals surface area contributed by atoms with Gasteiger partial charge in [0.15, 0.2) is 5.69 Å². The van der Waals surface area contributed by atoms with Gasteiger partial charge in [-0.3, -0.25) is 3.93 Å². The van der Waals surface area contributed by atoms with Gasteiger partial charge in [-0.1, -0.05) is 0 Å². The second kappa shape index (κ2) is 4.06. The van der Waals surface area contributed by atoms with Crippen LogP contribution >= 0.6 is 16.1 Å². The van der Waals surface area contributed by atoms with Gasteiger partial charge in [0.05, 0.1) is 22.8 Å². The van der Waals surface area contributed by atoms with E-state index in [1.165, 1.54) is 0 Å². The van der Waals surface area contributed by atoms with Crippen LogP contribution in [0.5, 0.6) is 0 Å². The number of ether oxygens (including phenoxy) is 1. The molecule has 0 aromatic carbocycles. The van der Waals surface area contributed by atoms with E-state index in [9.17, 15) is 4.79 Å². The van der Waals surface area contributed by atoms with Crippen LogP contribution in [0.15, 0.2) is 12.4 Å². The number of hydrogen-bond donors (Lipinski definition) is 0. The molecule has 1 aromatic rings. The van der Waals surface area contributed by atoms with E-state index in [2.05, 4.69) is 21.1 Å². The van der Waals surface area contributed by atoms with Crippen molar-refractivity contribution >= 4 is 28.2 Å². The highest BCUT2D eigenvalue weighted by Crippen LogP contribution is 2.16. The molecule has 5 nitrogen and oxygen atoms in total. The van der Waals surface area contributed by atoms with Crippen molar-refractivity contribution in [2.75, 3.05) is 6.61 Å². The second-order valence-corrected chi connectivity index (χ2v) is 3.94. The van der Waals surface area contributed by atoms with Crippen LogP contribution in [-0.4, -0.2) is 26.1 Å². The number of halogens is 1. The van der Waals surface area contributed by atoms with Gasteiger partial charge in [-0.05, 0) is 13.0 Å². The normalized spacial score (nSPS) is 13.9. The predicted octanol–water partition coefficient (Wildman–Crippen LogP) is 1.61. The molecule has 0 atom stereocenters. The Labute approximate surface area is 95.7 Å². The fourth-order valence-corrected chi connectivity index (χ4v) is 1.68. The zero-order valence-electron chi connectivity index (χ0n) is 8.18. The van der Waals surface area contributed by atoms with Gasteiger partial charge in [0.2, 0.25) is 0 Å². The molecule has 80 valence electrons. The van der Waals surface area contributed by atoms with Crippen LogP contribution < -0.4 is 0 Å². The first kappa shape index (κ1) is 10.2. The van der Waals surface area contributed by atoms with Gasteiger partial charge in [-0.2, -0.15) is 0 Å². The first-order chi connectivity index (χ1) is 7.20. The lowest BCUT2D eigenvalue weighted by Gasteiger charge is -2.16. The third-order valence-electron chi connectivity index (χ3n) is 1.96. The standard InChI is InChI=1S/C9H10BrN3O2/c1-2-15-9(14)7-5-12-6-13(10)4-3-8(12)11-7/h3-5H,2,6H2,1H3. The molecule has 0 fully saturated rings. The SMILES string of the molecule is CCOC(=O)c1cn2c(n1)C=CN(Br)C2. The van der Waals surface area contributed by atoms with Gasteiger partial charge >= 0.3 is 5.97 Å². The molecule has 15 heavy (non-hydrogen) atoms. The summed E-state index contributed by atoms with van der Waals surface area (Å²) in [5.41, 5.74) is 0.347. The number of hydrogen-bond acceptors (Lipinski definition) is 4. The molecule has 0 aliphatic carbocycles. The van der Waals surface area contributed by atoms with Gasteiger partial charge in [0, 0.05) is 12.4 Å². The van der Waals surface area contributed by atoms with Crippen molar-refractivity contribution in [3.05, 3.63) is 23.9 Å². The summed E-state index contributed by atoms with van der Waals surface area (Å²) in [6, 6.07) is 0. The number of rotatable bonds is 2. The van der Waals surface area contributed by atoms with Crippen molar-refractivity contribution in [3.63, 3.8) is 0 Å².